The molecule has 0 radical (unpaired) electrons. The van der Waals surface area contributed by atoms with Gasteiger partial charge >= 0.3 is 0 Å². The fourth-order valence-electron chi connectivity index (χ4n) is 2.45. The first-order valence-electron chi connectivity index (χ1n) is 8.09. The van der Waals surface area contributed by atoms with Crippen LogP contribution < -0.4 is 16.8 Å². The van der Waals surface area contributed by atoms with Gasteiger partial charge < -0.3 is 16.8 Å². The first-order chi connectivity index (χ1) is 11.0. The minimum Gasteiger partial charge on any atom is -0.368 e. The molecule has 0 aliphatic rings. The first-order valence-corrected chi connectivity index (χ1v) is 9.80. The van der Waals surface area contributed by atoms with Crippen molar-refractivity contribution in [1.82, 2.24) is 5.32 Å². The Morgan fingerprint density at radius 2 is 1.56 bits per heavy atom. The Labute approximate surface area is 155 Å². The molecule has 0 aromatic carbocycles. The second-order valence-electron chi connectivity index (χ2n) is 5.94. The molecule has 0 saturated carbocycles. The molecule has 0 spiro atoms. The van der Waals surface area contributed by atoms with Crippen molar-refractivity contribution in [2.24, 2.45) is 11.5 Å². The van der Waals surface area contributed by atoms with Crippen LogP contribution in [0.25, 0.3) is 0 Å². The number of halogens is 1. The monoisotopic (exact) mass is 399 g/mol. The number of nitrogens with one attached hydrogen (secondary N) is 1. The van der Waals surface area contributed by atoms with E-state index in [1.807, 2.05) is 13.8 Å². The third-order valence-electron chi connectivity index (χ3n) is 3.95. The van der Waals surface area contributed by atoms with Crippen LogP contribution in [0.3, 0.4) is 0 Å². The number of nitrogens with two attached hydrogens (primary N) is 2. The highest BCUT2D eigenvalue weighted by molar-refractivity contribution is 7.92. The predicted molar refractivity (Wildman–Crippen MR) is 99.1 cm³/mol. The summed E-state index contributed by atoms with van der Waals surface area (Å²) in [5, 5.41) is 1.67. The van der Waals surface area contributed by atoms with Gasteiger partial charge in [-0.05, 0) is 12.8 Å². The zero-order valence-corrected chi connectivity index (χ0v) is 16.7. The van der Waals surface area contributed by atoms with E-state index in [1.54, 1.807) is 0 Å². The second kappa shape index (κ2) is 11.4. The second-order valence-corrected chi connectivity index (χ2v) is 8.22. The Morgan fingerprint density at radius 3 is 1.92 bits per heavy atom. The molecule has 148 valence electrons. The minimum absolute atomic E-state index is 0. The largest absolute Gasteiger partial charge is 0.368 e. The highest BCUT2D eigenvalue weighted by atomic mass is 35.5. The van der Waals surface area contributed by atoms with Crippen molar-refractivity contribution in [3.05, 3.63) is 0 Å². The normalized spacial score (nSPS) is 13.6. The van der Waals surface area contributed by atoms with E-state index in [4.69, 9.17) is 11.5 Å². The molecular weight excluding hydrogens is 370 g/mol. The molecular formula is C15H30ClN3O5S. The summed E-state index contributed by atoms with van der Waals surface area (Å²) in [7, 11) is -2.38. The number of Topliss-reactive ketones (excluding diaryl/α,β-unsaturated/α-hetero) is 1. The van der Waals surface area contributed by atoms with E-state index < -0.39 is 44.0 Å². The third kappa shape index (κ3) is 7.70. The van der Waals surface area contributed by atoms with Crippen LogP contribution in [0.4, 0.5) is 0 Å². The predicted octanol–water partition coefficient (Wildman–Crippen LogP) is 0.0699. The molecule has 0 aromatic rings. The molecule has 8 nitrogen and oxygen atoms in total. The van der Waals surface area contributed by atoms with Crippen LogP contribution in [0.15, 0.2) is 0 Å². The summed E-state index contributed by atoms with van der Waals surface area (Å²) >= 11 is 0. The molecule has 25 heavy (non-hydrogen) atoms. The van der Waals surface area contributed by atoms with Crippen molar-refractivity contribution < 1.29 is 22.8 Å². The van der Waals surface area contributed by atoms with Gasteiger partial charge in [-0.2, -0.15) is 0 Å². The number of hydrogen-bond donors (Lipinski definition) is 3. The standard InChI is InChI=1S/C15H29N3O5S.ClH/c1-4-6-11(7-5-2)24(22,23)10-15(17,14(16)21)12(19)8-9-13(20)18-3;/h11H,4-10,17H2,1-3H3,(H2,16,21)(H,18,20);1H. The van der Waals surface area contributed by atoms with Crippen molar-refractivity contribution >= 4 is 39.8 Å². The van der Waals surface area contributed by atoms with Crippen LogP contribution in [-0.2, 0) is 24.2 Å². The van der Waals surface area contributed by atoms with Crippen LogP contribution in [0, 0.1) is 0 Å². The van der Waals surface area contributed by atoms with Crippen molar-refractivity contribution in [3.8, 4) is 0 Å². The molecule has 0 rings (SSSR count). The molecule has 0 aliphatic heterocycles. The van der Waals surface area contributed by atoms with Gasteiger partial charge in [-0.1, -0.05) is 26.7 Å². The van der Waals surface area contributed by atoms with Crippen molar-refractivity contribution in [3.63, 3.8) is 0 Å². The summed E-state index contributed by atoms with van der Waals surface area (Å²) in [6.45, 7) is 3.72. The van der Waals surface area contributed by atoms with E-state index in [0.717, 1.165) is 0 Å². The number of carbonyl (C=O) groups is 3. The maximum atomic E-state index is 12.6. The Kier molecular flexibility index (Phi) is 11.9. The summed E-state index contributed by atoms with van der Waals surface area (Å²) in [5.41, 5.74) is 8.70. The van der Waals surface area contributed by atoms with E-state index in [2.05, 4.69) is 5.32 Å². The number of amides is 2. The molecule has 0 aromatic heterocycles. The van der Waals surface area contributed by atoms with Gasteiger partial charge in [0.25, 0.3) is 0 Å². The van der Waals surface area contributed by atoms with Crippen LogP contribution in [-0.4, -0.2) is 49.6 Å². The fraction of sp³-hybridized carbons (Fsp3) is 0.800. The number of hydrogen-bond acceptors (Lipinski definition) is 6. The Hall–Kier alpha value is -1.19. The molecule has 0 heterocycles. The minimum atomic E-state index is -3.79. The highest BCUT2D eigenvalue weighted by Crippen LogP contribution is 2.20. The summed E-state index contributed by atoms with van der Waals surface area (Å²) in [5.74, 6) is -3.27. The molecule has 0 bridgehead atoms. The zero-order chi connectivity index (χ0) is 19.0. The van der Waals surface area contributed by atoms with Gasteiger partial charge in [-0.15, -0.1) is 12.4 Å². The Bertz CT molecular complexity index is 562. The quantitative estimate of drug-likeness (QED) is 0.395. The number of ketones is 1. The summed E-state index contributed by atoms with van der Waals surface area (Å²) in [4.78, 5) is 35.2. The van der Waals surface area contributed by atoms with Gasteiger partial charge in [-0.3, -0.25) is 14.4 Å². The summed E-state index contributed by atoms with van der Waals surface area (Å²) < 4.78 is 25.2. The molecule has 1 atom stereocenters. The van der Waals surface area contributed by atoms with Gasteiger partial charge in [0.05, 0.1) is 11.0 Å². The molecule has 5 N–H and O–H groups in total. The maximum absolute atomic E-state index is 12.6. The van der Waals surface area contributed by atoms with E-state index in [9.17, 15) is 22.8 Å². The molecule has 0 saturated heterocycles. The maximum Gasteiger partial charge on any atom is 0.246 e. The Morgan fingerprint density at radius 1 is 1.08 bits per heavy atom. The van der Waals surface area contributed by atoms with Gasteiger partial charge in [0.1, 0.15) is 0 Å². The zero-order valence-electron chi connectivity index (χ0n) is 15.0. The third-order valence-corrected chi connectivity index (χ3v) is 6.30. The van der Waals surface area contributed by atoms with Crippen molar-refractivity contribution in [2.45, 2.75) is 63.2 Å². The molecule has 0 aliphatic carbocycles. The average molecular weight is 400 g/mol. The molecule has 0 fully saturated rings. The lowest BCUT2D eigenvalue weighted by Gasteiger charge is -2.27. The number of carbonyl (C=O) groups excluding carboxylic acids is 3. The van der Waals surface area contributed by atoms with E-state index in [1.165, 1.54) is 7.05 Å². The van der Waals surface area contributed by atoms with Crippen LogP contribution in [0.2, 0.25) is 0 Å². The smallest absolute Gasteiger partial charge is 0.246 e. The lowest BCUT2D eigenvalue weighted by Crippen LogP contribution is -2.63. The lowest BCUT2D eigenvalue weighted by atomic mass is 9.93. The summed E-state index contributed by atoms with van der Waals surface area (Å²) in [6.07, 6.45) is 1.63. The molecule has 10 heteroatoms. The van der Waals surface area contributed by atoms with Gasteiger partial charge in [-0.25, -0.2) is 8.42 Å². The average Bonchev–Trinajstić information content (AvgIpc) is 2.51. The van der Waals surface area contributed by atoms with Gasteiger partial charge in [0.2, 0.25) is 11.8 Å². The van der Waals surface area contributed by atoms with Crippen LogP contribution in [0.1, 0.15) is 52.4 Å². The van der Waals surface area contributed by atoms with E-state index >= 15 is 0 Å². The van der Waals surface area contributed by atoms with E-state index in [0.29, 0.717) is 25.7 Å². The van der Waals surface area contributed by atoms with Gasteiger partial charge in [0.15, 0.2) is 21.2 Å². The van der Waals surface area contributed by atoms with Crippen LogP contribution >= 0.6 is 12.4 Å². The molecule has 2 amide bonds. The van der Waals surface area contributed by atoms with E-state index in [-0.39, 0.29) is 25.2 Å². The Balaban J connectivity index is 0. The van der Waals surface area contributed by atoms with Crippen molar-refractivity contribution in [2.75, 3.05) is 12.8 Å². The number of rotatable bonds is 12. The first kappa shape index (κ1) is 26.0. The molecule has 1 unspecified atom stereocenters. The van der Waals surface area contributed by atoms with Gasteiger partial charge in [0, 0.05) is 19.9 Å². The fourth-order valence-corrected chi connectivity index (χ4v) is 4.81. The highest BCUT2D eigenvalue weighted by Gasteiger charge is 2.45. The van der Waals surface area contributed by atoms with Crippen molar-refractivity contribution in [1.29, 1.82) is 0 Å². The van der Waals surface area contributed by atoms with Crippen LogP contribution in [0.5, 0.6) is 0 Å². The SMILES string of the molecule is CCCC(CCC)S(=O)(=O)CC(N)(C(N)=O)C(=O)CCC(=O)NC.Cl. The topological polar surface area (TPSA) is 149 Å². The summed E-state index contributed by atoms with van der Waals surface area (Å²) in [6, 6.07) is 0. The number of sulfone groups is 1. The number of primary amides is 1. The lowest BCUT2D eigenvalue weighted by molar-refractivity contribution is -0.134.